The summed E-state index contributed by atoms with van der Waals surface area (Å²) < 4.78 is 10.8. The van der Waals surface area contributed by atoms with E-state index in [0.717, 1.165) is 31.2 Å². The number of guanidine groups is 1. The number of urea groups is 1. The zero-order valence-corrected chi connectivity index (χ0v) is 16.6. The van der Waals surface area contributed by atoms with Crippen LogP contribution in [-0.4, -0.2) is 74.6 Å². The molecule has 1 aromatic carbocycles. The topological polar surface area (TPSA) is 95.5 Å². The molecule has 1 saturated heterocycles. The van der Waals surface area contributed by atoms with Crippen LogP contribution >= 0.6 is 0 Å². The van der Waals surface area contributed by atoms with Crippen LogP contribution in [0, 0.1) is 0 Å². The maximum Gasteiger partial charge on any atom is 0.324 e. The molecule has 3 amide bonds. The van der Waals surface area contributed by atoms with Gasteiger partial charge in [0.05, 0.1) is 33.9 Å². The molecule has 2 heterocycles. The van der Waals surface area contributed by atoms with Gasteiger partial charge in [-0.25, -0.2) is 4.79 Å². The van der Waals surface area contributed by atoms with Crippen LogP contribution in [0.1, 0.15) is 18.1 Å². The van der Waals surface area contributed by atoms with Crippen molar-refractivity contribution in [1.29, 1.82) is 0 Å². The fraction of sp³-hybridized carbons (Fsp3) is 0.526. The monoisotopic (exact) mass is 389 g/mol. The first-order valence-corrected chi connectivity index (χ1v) is 9.42. The minimum Gasteiger partial charge on any atom is -0.493 e. The number of ether oxygens (including phenoxy) is 2. The molecule has 2 N–H and O–H groups in total. The van der Waals surface area contributed by atoms with E-state index in [9.17, 15) is 9.59 Å². The Kier molecular flexibility index (Phi) is 6.23. The van der Waals surface area contributed by atoms with Crippen LogP contribution in [-0.2, 0) is 17.8 Å². The van der Waals surface area contributed by atoms with E-state index < -0.39 is 0 Å². The van der Waals surface area contributed by atoms with Crippen molar-refractivity contribution in [1.82, 2.24) is 20.4 Å². The van der Waals surface area contributed by atoms with Gasteiger partial charge in [-0.3, -0.25) is 14.7 Å². The van der Waals surface area contributed by atoms with E-state index in [0.29, 0.717) is 18.8 Å². The number of rotatable bonds is 6. The van der Waals surface area contributed by atoms with Gasteiger partial charge in [-0.15, -0.1) is 0 Å². The molecule has 9 heteroatoms. The molecule has 1 fully saturated rings. The summed E-state index contributed by atoms with van der Waals surface area (Å²) >= 11 is 0. The van der Waals surface area contributed by atoms with E-state index in [1.165, 1.54) is 16.0 Å². The molecule has 0 unspecified atom stereocenters. The van der Waals surface area contributed by atoms with E-state index in [1.54, 1.807) is 14.2 Å². The van der Waals surface area contributed by atoms with Crippen LogP contribution in [0.3, 0.4) is 0 Å². The SMILES string of the molecule is CCNC(=NCCN1C(=O)CNC1=O)N1CCc2cc(OC)c(OC)cc2C1. The third kappa shape index (κ3) is 4.13. The summed E-state index contributed by atoms with van der Waals surface area (Å²) in [5.41, 5.74) is 2.41. The number of carbonyl (C=O) groups is 2. The molecule has 0 atom stereocenters. The lowest BCUT2D eigenvalue weighted by Gasteiger charge is -2.32. The molecule has 2 aliphatic rings. The first-order valence-electron chi connectivity index (χ1n) is 9.42. The Labute approximate surface area is 164 Å². The number of fused-ring (bicyclic) bond motifs is 1. The lowest BCUT2D eigenvalue weighted by Crippen LogP contribution is -2.44. The Morgan fingerprint density at radius 3 is 2.54 bits per heavy atom. The van der Waals surface area contributed by atoms with Gasteiger partial charge in [0.2, 0.25) is 5.91 Å². The predicted molar refractivity (Wildman–Crippen MR) is 105 cm³/mol. The van der Waals surface area contributed by atoms with Crippen molar-refractivity contribution >= 4 is 17.9 Å². The Morgan fingerprint density at radius 1 is 1.21 bits per heavy atom. The number of nitrogens with one attached hydrogen (secondary N) is 2. The number of nitrogens with zero attached hydrogens (tertiary/aromatic N) is 3. The van der Waals surface area contributed by atoms with Crippen LogP contribution in [0.5, 0.6) is 11.5 Å². The highest BCUT2D eigenvalue weighted by Gasteiger charge is 2.28. The number of methoxy groups -OCH3 is 2. The van der Waals surface area contributed by atoms with Crippen molar-refractivity contribution in [2.45, 2.75) is 19.9 Å². The van der Waals surface area contributed by atoms with Crippen LogP contribution in [0.15, 0.2) is 17.1 Å². The summed E-state index contributed by atoms with van der Waals surface area (Å²) in [6.07, 6.45) is 0.868. The number of amides is 3. The highest BCUT2D eigenvalue weighted by molar-refractivity contribution is 6.01. The number of imide groups is 1. The quantitative estimate of drug-likeness (QED) is 0.420. The molecule has 1 aromatic rings. The van der Waals surface area contributed by atoms with E-state index in [-0.39, 0.29) is 25.0 Å². The van der Waals surface area contributed by atoms with Gasteiger partial charge < -0.3 is 25.0 Å². The zero-order valence-electron chi connectivity index (χ0n) is 16.6. The summed E-state index contributed by atoms with van der Waals surface area (Å²) in [5.74, 6) is 2.01. The summed E-state index contributed by atoms with van der Waals surface area (Å²) in [4.78, 5) is 31.3. The number of benzene rings is 1. The van der Waals surface area contributed by atoms with Crippen molar-refractivity contribution < 1.29 is 19.1 Å². The number of aliphatic imine (C=N–C) groups is 1. The molecule has 0 spiro atoms. The molecule has 0 radical (unpaired) electrons. The van der Waals surface area contributed by atoms with Crippen molar-refractivity contribution in [2.24, 2.45) is 4.99 Å². The maximum atomic E-state index is 11.7. The molecular weight excluding hydrogens is 362 g/mol. The van der Waals surface area contributed by atoms with Gasteiger partial charge in [-0.05, 0) is 36.6 Å². The molecule has 28 heavy (non-hydrogen) atoms. The van der Waals surface area contributed by atoms with Crippen molar-refractivity contribution in [2.75, 3.05) is 46.9 Å². The first kappa shape index (κ1) is 19.8. The molecule has 0 bridgehead atoms. The molecule has 0 saturated carbocycles. The van der Waals surface area contributed by atoms with Gasteiger partial charge in [0.15, 0.2) is 17.5 Å². The first-order chi connectivity index (χ1) is 13.6. The van der Waals surface area contributed by atoms with Gasteiger partial charge >= 0.3 is 6.03 Å². The molecule has 3 rings (SSSR count). The fourth-order valence-electron chi connectivity index (χ4n) is 3.43. The van der Waals surface area contributed by atoms with Crippen LogP contribution in [0.4, 0.5) is 4.79 Å². The molecule has 0 aliphatic carbocycles. The maximum absolute atomic E-state index is 11.7. The van der Waals surface area contributed by atoms with Gasteiger partial charge in [-0.2, -0.15) is 0 Å². The van der Waals surface area contributed by atoms with Gasteiger partial charge in [-0.1, -0.05) is 0 Å². The van der Waals surface area contributed by atoms with Crippen molar-refractivity contribution in [3.8, 4) is 11.5 Å². The highest BCUT2D eigenvalue weighted by atomic mass is 16.5. The third-order valence-corrected chi connectivity index (χ3v) is 4.87. The summed E-state index contributed by atoms with van der Waals surface area (Å²) in [6, 6.07) is 3.70. The average molecular weight is 389 g/mol. The second kappa shape index (κ2) is 8.81. The second-order valence-corrected chi connectivity index (χ2v) is 6.59. The highest BCUT2D eigenvalue weighted by Crippen LogP contribution is 2.33. The van der Waals surface area contributed by atoms with Crippen molar-refractivity contribution in [3.05, 3.63) is 23.3 Å². The predicted octanol–water partition coefficient (Wildman–Crippen LogP) is 0.579. The lowest BCUT2D eigenvalue weighted by atomic mass is 9.99. The van der Waals surface area contributed by atoms with Gasteiger partial charge in [0.25, 0.3) is 0 Å². The van der Waals surface area contributed by atoms with E-state index >= 15 is 0 Å². The van der Waals surface area contributed by atoms with Gasteiger partial charge in [0, 0.05) is 19.6 Å². The Hall–Kier alpha value is -2.97. The second-order valence-electron chi connectivity index (χ2n) is 6.59. The minimum absolute atomic E-state index is 0.0663. The molecule has 152 valence electrons. The van der Waals surface area contributed by atoms with Crippen LogP contribution in [0.2, 0.25) is 0 Å². The largest absolute Gasteiger partial charge is 0.493 e. The normalized spacial score (nSPS) is 16.8. The van der Waals surface area contributed by atoms with E-state index in [4.69, 9.17) is 9.47 Å². The van der Waals surface area contributed by atoms with Gasteiger partial charge in [0.1, 0.15) is 0 Å². The standard InChI is InChI=1S/C19H27N5O4/c1-4-20-18(21-6-8-24-17(25)11-22-19(24)26)23-7-5-13-9-15(27-2)16(28-3)10-14(13)12-23/h9-10H,4-8,11-12H2,1-3H3,(H,20,21)(H,22,26). The molecule has 2 aliphatic heterocycles. The minimum atomic E-state index is -0.349. The van der Waals surface area contributed by atoms with Crippen LogP contribution < -0.4 is 20.1 Å². The smallest absolute Gasteiger partial charge is 0.324 e. The number of hydrogen-bond donors (Lipinski definition) is 2. The van der Waals surface area contributed by atoms with E-state index in [2.05, 4.69) is 20.5 Å². The van der Waals surface area contributed by atoms with Crippen molar-refractivity contribution in [3.63, 3.8) is 0 Å². The number of hydrogen-bond acceptors (Lipinski definition) is 5. The van der Waals surface area contributed by atoms with E-state index in [1.807, 2.05) is 19.1 Å². The molecule has 9 nitrogen and oxygen atoms in total. The molecule has 0 aromatic heterocycles. The zero-order chi connectivity index (χ0) is 20.1. The van der Waals surface area contributed by atoms with Crippen LogP contribution in [0.25, 0.3) is 0 Å². The molecular formula is C19H27N5O4. The Bertz CT molecular complexity index is 764. The summed E-state index contributed by atoms with van der Waals surface area (Å²) in [6.45, 7) is 4.96. The lowest BCUT2D eigenvalue weighted by molar-refractivity contribution is -0.124. The Balaban J connectivity index is 1.71. The summed E-state index contributed by atoms with van der Waals surface area (Å²) in [7, 11) is 3.27. The number of carbonyl (C=O) groups excluding carboxylic acids is 2. The average Bonchev–Trinajstić information content (AvgIpc) is 3.03. The fourth-order valence-corrected chi connectivity index (χ4v) is 3.43. The Morgan fingerprint density at radius 2 is 1.93 bits per heavy atom. The summed E-state index contributed by atoms with van der Waals surface area (Å²) in [5, 5.41) is 5.82. The third-order valence-electron chi connectivity index (χ3n) is 4.87.